The molecular formula is C22H39N3O2. The van der Waals surface area contributed by atoms with Crippen molar-refractivity contribution in [2.75, 3.05) is 19.6 Å². The van der Waals surface area contributed by atoms with Crippen LogP contribution in [0.1, 0.15) is 73.1 Å². The Hall–Kier alpha value is -1.36. The second kappa shape index (κ2) is 9.72. The summed E-state index contributed by atoms with van der Waals surface area (Å²) in [6, 6.07) is -0.320. The average Bonchev–Trinajstić information content (AvgIpc) is 2.88. The van der Waals surface area contributed by atoms with Crippen molar-refractivity contribution in [1.29, 1.82) is 0 Å². The Bertz CT molecular complexity index is 546. The zero-order valence-corrected chi connectivity index (χ0v) is 17.9. The second-order valence-electron chi connectivity index (χ2n) is 9.35. The van der Waals surface area contributed by atoms with Gasteiger partial charge in [0.05, 0.1) is 0 Å². The van der Waals surface area contributed by atoms with E-state index in [0.717, 1.165) is 51.7 Å². The lowest BCUT2D eigenvalue weighted by Gasteiger charge is -2.41. The first-order valence-electron chi connectivity index (χ1n) is 10.7. The zero-order valence-electron chi connectivity index (χ0n) is 17.9. The molecular weight excluding hydrogens is 338 g/mol. The van der Waals surface area contributed by atoms with Crippen molar-refractivity contribution >= 4 is 11.9 Å². The lowest BCUT2D eigenvalue weighted by atomic mass is 9.74. The predicted molar refractivity (Wildman–Crippen MR) is 110 cm³/mol. The minimum absolute atomic E-state index is 0.110. The summed E-state index contributed by atoms with van der Waals surface area (Å²) in [5.74, 6) is 1.33. The van der Waals surface area contributed by atoms with Gasteiger partial charge in [-0.15, -0.1) is 0 Å². The lowest BCUT2D eigenvalue weighted by molar-refractivity contribution is -0.127. The summed E-state index contributed by atoms with van der Waals surface area (Å²) in [6.07, 6.45) is 8.36. The number of urea groups is 1. The highest BCUT2D eigenvalue weighted by atomic mass is 16.2. The minimum Gasteiger partial charge on any atom is -0.323 e. The highest BCUT2D eigenvalue weighted by Gasteiger charge is 2.51. The van der Waals surface area contributed by atoms with Crippen molar-refractivity contribution in [3.05, 3.63) is 11.6 Å². The molecule has 0 radical (unpaired) electrons. The third-order valence-corrected chi connectivity index (χ3v) is 6.15. The van der Waals surface area contributed by atoms with Crippen LogP contribution in [0, 0.1) is 17.8 Å². The molecule has 2 fully saturated rings. The Morgan fingerprint density at radius 1 is 1.19 bits per heavy atom. The summed E-state index contributed by atoms with van der Waals surface area (Å²) in [4.78, 5) is 27.0. The fraction of sp³-hybridized carbons (Fsp3) is 0.818. The second-order valence-corrected chi connectivity index (χ2v) is 9.35. The molecule has 0 bridgehead atoms. The van der Waals surface area contributed by atoms with Gasteiger partial charge in [-0.2, -0.15) is 0 Å². The molecule has 2 atom stereocenters. The van der Waals surface area contributed by atoms with E-state index in [0.29, 0.717) is 11.8 Å². The minimum atomic E-state index is -0.692. The maximum Gasteiger partial charge on any atom is 0.322 e. The highest BCUT2D eigenvalue weighted by Crippen LogP contribution is 2.35. The summed E-state index contributed by atoms with van der Waals surface area (Å²) in [5, 5.41) is 5.51. The van der Waals surface area contributed by atoms with Crippen LogP contribution >= 0.6 is 0 Å². The van der Waals surface area contributed by atoms with E-state index in [1.165, 1.54) is 12.0 Å². The van der Waals surface area contributed by atoms with Crippen molar-refractivity contribution in [3.8, 4) is 0 Å². The van der Waals surface area contributed by atoms with E-state index in [2.05, 4.69) is 56.2 Å². The number of nitrogens with zero attached hydrogens (tertiary/aromatic N) is 1. The molecule has 2 saturated heterocycles. The smallest absolute Gasteiger partial charge is 0.322 e. The summed E-state index contributed by atoms with van der Waals surface area (Å²) in [5.41, 5.74) is 0.703. The van der Waals surface area contributed by atoms with Crippen molar-refractivity contribution in [1.82, 2.24) is 15.5 Å². The molecule has 5 nitrogen and oxygen atoms in total. The Labute approximate surface area is 165 Å². The van der Waals surface area contributed by atoms with E-state index >= 15 is 0 Å². The van der Waals surface area contributed by atoms with Gasteiger partial charge in [0.25, 0.3) is 5.91 Å². The number of carbonyl (C=O) groups excluding carboxylic acids is 2. The fourth-order valence-electron chi connectivity index (χ4n) is 4.49. The molecule has 154 valence electrons. The molecule has 5 heteroatoms. The maximum absolute atomic E-state index is 12.6. The molecule has 2 unspecified atom stereocenters. The third-order valence-electron chi connectivity index (χ3n) is 6.15. The van der Waals surface area contributed by atoms with E-state index in [-0.39, 0.29) is 17.9 Å². The van der Waals surface area contributed by atoms with Crippen molar-refractivity contribution in [2.24, 2.45) is 17.8 Å². The number of imide groups is 1. The zero-order chi connectivity index (χ0) is 20.0. The average molecular weight is 378 g/mol. The van der Waals surface area contributed by atoms with Crippen LogP contribution < -0.4 is 10.6 Å². The SMILES string of the molecule is CC(C)=CCCC(C)CN1CCC(C2(CCC(C)C)NC(=O)NC2=O)CC1. The molecule has 2 aliphatic rings. The molecule has 27 heavy (non-hydrogen) atoms. The molecule has 3 amide bonds. The number of piperidine rings is 1. The standard InChI is InChI=1S/C22H39N3O2/c1-16(2)7-6-8-18(5)15-25-13-10-19(11-14-25)22(12-9-17(3)4)20(26)23-21(27)24-22/h7,17-19H,6,8-15H2,1-5H3,(H2,23,24,26,27). The first kappa shape index (κ1) is 21.9. The van der Waals surface area contributed by atoms with E-state index < -0.39 is 5.54 Å². The van der Waals surface area contributed by atoms with Crippen LogP contribution in [-0.2, 0) is 4.79 Å². The number of carbonyl (C=O) groups is 2. The quantitative estimate of drug-likeness (QED) is 0.470. The van der Waals surface area contributed by atoms with Gasteiger partial charge in [-0.3, -0.25) is 10.1 Å². The Morgan fingerprint density at radius 3 is 2.37 bits per heavy atom. The Morgan fingerprint density at radius 2 is 1.85 bits per heavy atom. The van der Waals surface area contributed by atoms with Crippen molar-refractivity contribution in [3.63, 3.8) is 0 Å². The molecule has 0 spiro atoms. The Kier molecular flexibility index (Phi) is 7.90. The normalized spacial score (nSPS) is 25.4. The molecule has 2 rings (SSSR count). The Balaban J connectivity index is 1.89. The van der Waals surface area contributed by atoms with Crippen molar-refractivity contribution < 1.29 is 9.59 Å². The monoisotopic (exact) mass is 377 g/mol. The number of likely N-dealkylation sites (tertiary alicyclic amines) is 1. The predicted octanol–water partition coefficient (Wildman–Crippen LogP) is 4.10. The van der Waals surface area contributed by atoms with Gasteiger partial charge in [-0.25, -0.2) is 4.79 Å². The number of hydrogen-bond donors (Lipinski definition) is 2. The van der Waals surface area contributed by atoms with Gasteiger partial charge in [-0.1, -0.05) is 32.4 Å². The van der Waals surface area contributed by atoms with Crippen LogP contribution in [-0.4, -0.2) is 42.0 Å². The van der Waals surface area contributed by atoms with Crippen LogP contribution in [0.3, 0.4) is 0 Å². The summed E-state index contributed by atoms with van der Waals surface area (Å²) < 4.78 is 0. The van der Waals surface area contributed by atoms with Gasteiger partial charge in [-0.05, 0) is 83.2 Å². The molecule has 2 N–H and O–H groups in total. The van der Waals surface area contributed by atoms with Gasteiger partial charge in [0, 0.05) is 6.54 Å². The van der Waals surface area contributed by atoms with Crippen molar-refractivity contribution in [2.45, 2.75) is 78.7 Å². The summed E-state index contributed by atoms with van der Waals surface area (Å²) in [7, 11) is 0. The van der Waals surface area contributed by atoms with E-state index in [9.17, 15) is 9.59 Å². The van der Waals surface area contributed by atoms with E-state index in [4.69, 9.17) is 0 Å². The topological polar surface area (TPSA) is 61.4 Å². The summed E-state index contributed by atoms with van der Waals surface area (Å²) >= 11 is 0. The lowest BCUT2D eigenvalue weighted by Crippen LogP contribution is -2.56. The number of amides is 3. The molecule has 0 aliphatic carbocycles. The number of hydrogen-bond acceptors (Lipinski definition) is 3. The fourth-order valence-corrected chi connectivity index (χ4v) is 4.49. The summed E-state index contributed by atoms with van der Waals surface area (Å²) in [6.45, 7) is 14.1. The molecule has 0 aromatic carbocycles. The van der Waals surface area contributed by atoms with E-state index in [1.54, 1.807) is 0 Å². The van der Waals surface area contributed by atoms with Gasteiger partial charge >= 0.3 is 6.03 Å². The van der Waals surface area contributed by atoms with Gasteiger partial charge < -0.3 is 10.2 Å². The van der Waals surface area contributed by atoms with Crippen LogP contribution in [0.4, 0.5) is 4.79 Å². The largest absolute Gasteiger partial charge is 0.323 e. The first-order chi connectivity index (χ1) is 12.7. The first-order valence-corrected chi connectivity index (χ1v) is 10.7. The van der Waals surface area contributed by atoms with Crippen LogP contribution in [0.5, 0.6) is 0 Å². The van der Waals surface area contributed by atoms with Gasteiger partial charge in [0.1, 0.15) is 5.54 Å². The molecule has 2 heterocycles. The molecule has 0 aromatic heterocycles. The van der Waals surface area contributed by atoms with Gasteiger partial charge in [0.15, 0.2) is 0 Å². The highest BCUT2D eigenvalue weighted by molar-refractivity contribution is 6.07. The maximum atomic E-state index is 12.6. The number of rotatable bonds is 9. The van der Waals surface area contributed by atoms with Crippen LogP contribution in [0.25, 0.3) is 0 Å². The third kappa shape index (κ3) is 6.06. The molecule has 2 aliphatic heterocycles. The number of allylic oxidation sites excluding steroid dienone is 2. The van der Waals surface area contributed by atoms with Crippen LogP contribution in [0.15, 0.2) is 11.6 Å². The van der Waals surface area contributed by atoms with Gasteiger partial charge in [0.2, 0.25) is 0 Å². The van der Waals surface area contributed by atoms with E-state index in [1.807, 2.05) is 0 Å². The molecule has 0 aromatic rings. The molecule has 0 saturated carbocycles. The number of nitrogens with one attached hydrogen (secondary N) is 2. The van der Waals surface area contributed by atoms with Crippen LogP contribution in [0.2, 0.25) is 0 Å².